The predicted octanol–water partition coefficient (Wildman–Crippen LogP) is 3.36. The number of hydrogen-bond donors (Lipinski definition) is 2. The van der Waals surface area contributed by atoms with Crippen molar-refractivity contribution in [1.82, 2.24) is 0 Å². The van der Waals surface area contributed by atoms with Crippen molar-refractivity contribution in [2.75, 3.05) is 0 Å². The molecule has 0 aromatic carbocycles. The summed E-state index contributed by atoms with van der Waals surface area (Å²) in [6, 6.07) is 0. The largest absolute Gasteiger partial charge is 0.481 e. The van der Waals surface area contributed by atoms with Gasteiger partial charge in [0.25, 0.3) is 0 Å². The second-order valence-corrected chi connectivity index (χ2v) is 5.57. The van der Waals surface area contributed by atoms with E-state index in [1.54, 1.807) is 0 Å². The van der Waals surface area contributed by atoms with Crippen molar-refractivity contribution in [1.29, 1.82) is 0 Å². The standard InChI is InChI=1S/C13H21F3O3/c1-12(19,13(14,15)16)10(11(17)18)9-7-5-3-2-4-6-8-9/h9-10,19H,2-8H2,1H3,(H,17,18). The first-order chi connectivity index (χ1) is 8.68. The van der Waals surface area contributed by atoms with Crippen molar-refractivity contribution in [2.45, 2.75) is 63.6 Å². The van der Waals surface area contributed by atoms with Gasteiger partial charge in [0.1, 0.15) is 0 Å². The zero-order chi connectivity index (χ0) is 14.7. The van der Waals surface area contributed by atoms with Crippen LogP contribution in [0.1, 0.15) is 51.9 Å². The summed E-state index contributed by atoms with van der Waals surface area (Å²) in [4.78, 5) is 11.2. The van der Waals surface area contributed by atoms with E-state index in [0.717, 1.165) is 32.1 Å². The zero-order valence-corrected chi connectivity index (χ0v) is 11.0. The molecule has 0 aliphatic heterocycles. The lowest BCUT2D eigenvalue weighted by atomic mass is 9.73. The lowest BCUT2D eigenvalue weighted by molar-refractivity contribution is -0.277. The topological polar surface area (TPSA) is 57.5 Å². The molecule has 1 rings (SSSR count). The molecule has 0 aromatic heterocycles. The fourth-order valence-electron chi connectivity index (χ4n) is 2.90. The lowest BCUT2D eigenvalue weighted by Gasteiger charge is -2.37. The van der Waals surface area contributed by atoms with Crippen LogP contribution in [0.5, 0.6) is 0 Å². The summed E-state index contributed by atoms with van der Waals surface area (Å²) in [6.07, 6.45) is 0.254. The molecule has 19 heavy (non-hydrogen) atoms. The monoisotopic (exact) mass is 282 g/mol. The maximum Gasteiger partial charge on any atom is 0.417 e. The average molecular weight is 282 g/mol. The van der Waals surface area contributed by atoms with Crippen molar-refractivity contribution in [2.24, 2.45) is 11.8 Å². The van der Waals surface area contributed by atoms with E-state index in [-0.39, 0.29) is 0 Å². The minimum Gasteiger partial charge on any atom is -0.481 e. The summed E-state index contributed by atoms with van der Waals surface area (Å²) in [7, 11) is 0. The van der Waals surface area contributed by atoms with Gasteiger partial charge >= 0.3 is 12.1 Å². The molecule has 2 unspecified atom stereocenters. The van der Waals surface area contributed by atoms with E-state index >= 15 is 0 Å². The highest BCUT2D eigenvalue weighted by atomic mass is 19.4. The highest BCUT2D eigenvalue weighted by molar-refractivity contribution is 5.72. The highest BCUT2D eigenvalue weighted by Crippen LogP contribution is 2.42. The van der Waals surface area contributed by atoms with Crippen LogP contribution >= 0.6 is 0 Å². The van der Waals surface area contributed by atoms with E-state index < -0.39 is 29.6 Å². The Balaban J connectivity index is 2.95. The number of aliphatic carboxylic acids is 1. The van der Waals surface area contributed by atoms with E-state index in [9.17, 15) is 23.1 Å². The molecule has 1 aliphatic rings. The molecule has 2 atom stereocenters. The molecule has 1 aliphatic carbocycles. The van der Waals surface area contributed by atoms with E-state index in [4.69, 9.17) is 5.11 Å². The van der Waals surface area contributed by atoms with Gasteiger partial charge in [0.05, 0.1) is 5.92 Å². The van der Waals surface area contributed by atoms with Crippen molar-refractivity contribution in [3.63, 3.8) is 0 Å². The summed E-state index contributed by atoms with van der Waals surface area (Å²) in [5.74, 6) is -3.96. The summed E-state index contributed by atoms with van der Waals surface area (Å²) in [5.41, 5.74) is -3.18. The molecule has 0 radical (unpaired) electrons. The number of aliphatic hydroxyl groups is 1. The third-order valence-corrected chi connectivity index (χ3v) is 4.07. The fraction of sp³-hybridized carbons (Fsp3) is 0.923. The van der Waals surface area contributed by atoms with Gasteiger partial charge in [-0.15, -0.1) is 0 Å². The van der Waals surface area contributed by atoms with Crippen molar-refractivity contribution < 1.29 is 28.2 Å². The number of rotatable bonds is 3. The minimum absolute atomic E-state index is 0.434. The van der Waals surface area contributed by atoms with Crippen LogP contribution in [0.2, 0.25) is 0 Å². The number of carboxylic acids is 1. The quantitative estimate of drug-likeness (QED) is 0.834. The molecule has 0 saturated heterocycles. The first kappa shape index (κ1) is 16.3. The second kappa shape index (κ2) is 6.11. The second-order valence-electron chi connectivity index (χ2n) is 5.57. The molecule has 0 bridgehead atoms. The summed E-state index contributed by atoms with van der Waals surface area (Å²) in [5, 5.41) is 18.8. The van der Waals surface area contributed by atoms with Crippen LogP contribution in [0.4, 0.5) is 13.2 Å². The van der Waals surface area contributed by atoms with Crippen molar-refractivity contribution in [3.05, 3.63) is 0 Å². The third kappa shape index (κ3) is 3.84. The SMILES string of the molecule is CC(O)(C(C(=O)O)C1CCCCCCC1)C(F)(F)F. The van der Waals surface area contributed by atoms with Crippen LogP contribution in [-0.2, 0) is 4.79 Å². The molecule has 3 nitrogen and oxygen atoms in total. The van der Waals surface area contributed by atoms with Crippen LogP contribution in [0.25, 0.3) is 0 Å². The number of carboxylic acid groups (broad SMARTS) is 1. The number of halogens is 3. The van der Waals surface area contributed by atoms with E-state index in [1.165, 1.54) is 0 Å². The van der Waals surface area contributed by atoms with Gasteiger partial charge in [-0.25, -0.2) is 0 Å². The third-order valence-electron chi connectivity index (χ3n) is 4.07. The molecule has 0 aromatic rings. The van der Waals surface area contributed by atoms with Gasteiger partial charge in [-0.05, 0) is 25.7 Å². The smallest absolute Gasteiger partial charge is 0.417 e. The molecule has 1 saturated carbocycles. The highest BCUT2D eigenvalue weighted by Gasteiger charge is 2.59. The maximum atomic E-state index is 12.9. The van der Waals surface area contributed by atoms with Crippen LogP contribution in [0.15, 0.2) is 0 Å². The Kier molecular flexibility index (Phi) is 5.24. The van der Waals surface area contributed by atoms with Gasteiger partial charge < -0.3 is 10.2 Å². The zero-order valence-electron chi connectivity index (χ0n) is 11.0. The predicted molar refractivity (Wildman–Crippen MR) is 63.6 cm³/mol. The van der Waals surface area contributed by atoms with Crippen LogP contribution < -0.4 is 0 Å². The van der Waals surface area contributed by atoms with Crippen molar-refractivity contribution in [3.8, 4) is 0 Å². The van der Waals surface area contributed by atoms with Gasteiger partial charge in [0, 0.05) is 0 Å². The number of alkyl halides is 3. The molecule has 6 heteroatoms. The molecule has 0 spiro atoms. The molecule has 2 N–H and O–H groups in total. The Morgan fingerprint density at radius 2 is 1.53 bits per heavy atom. The lowest BCUT2D eigenvalue weighted by Crippen LogP contribution is -2.54. The fourth-order valence-corrected chi connectivity index (χ4v) is 2.90. The van der Waals surface area contributed by atoms with Gasteiger partial charge in [0.15, 0.2) is 5.60 Å². The van der Waals surface area contributed by atoms with Gasteiger partial charge in [0.2, 0.25) is 0 Å². The van der Waals surface area contributed by atoms with Crippen molar-refractivity contribution >= 4 is 5.97 Å². The molecular weight excluding hydrogens is 261 g/mol. The Morgan fingerprint density at radius 3 is 1.89 bits per heavy atom. The normalized spacial score (nSPS) is 24.1. The Labute approximate surface area is 110 Å². The summed E-state index contributed by atoms with van der Waals surface area (Å²) in [6.45, 7) is 0.574. The Hall–Kier alpha value is -0.780. The molecule has 0 amide bonds. The van der Waals surface area contributed by atoms with Crippen LogP contribution in [-0.4, -0.2) is 28.0 Å². The first-order valence-electron chi connectivity index (χ1n) is 6.70. The Bertz CT molecular complexity index is 305. The van der Waals surface area contributed by atoms with Gasteiger partial charge in [-0.3, -0.25) is 4.79 Å². The molecule has 0 heterocycles. The average Bonchev–Trinajstić information content (AvgIpc) is 2.18. The summed E-state index contributed by atoms with van der Waals surface area (Å²) >= 11 is 0. The number of carbonyl (C=O) groups is 1. The van der Waals surface area contributed by atoms with E-state index in [1.807, 2.05) is 0 Å². The van der Waals surface area contributed by atoms with E-state index in [0.29, 0.717) is 19.8 Å². The van der Waals surface area contributed by atoms with Crippen LogP contribution in [0, 0.1) is 11.8 Å². The summed E-state index contributed by atoms with van der Waals surface area (Å²) < 4.78 is 38.6. The first-order valence-corrected chi connectivity index (χ1v) is 6.70. The molecule has 1 fully saturated rings. The minimum atomic E-state index is -4.93. The Morgan fingerprint density at radius 1 is 1.11 bits per heavy atom. The maximum absolute atomic E-state index is 12.9. The van der Waals surface area contributed by atoms with Gasteiger partial charge in [-0.2, -0.15) is 13.2 Å². The van der Waals surface area contributed by atoms with Crippen LogP contribution in [0.3, 0.4) is 0 Å². The molecular formula is C13H21F3O3. The van der Waals surface area contributed by atoms with E-state index in [2.05, 4.69) is 0 Å². The van der Waals surface area contributed by atoms with Gasteiger partial charge in [-0.1, -0.05) is 32.1 Å². The number of hydrogen-bond acceptors (Lipinski definition) is 2. The molecule has 112 valence electrons.